The molecule has 2 heterocycles. The summed E-state index contributed by atoms with van der Waals surface area (Å²) in [5.41, 5.74) is 0.744. The van der Waals surface area contributed by atoms with Crippen LogP contribution < -0.4 is 9.62 Å². The number of pyridine rings is 1. The summed E-state index contributed by atoms with van der Waals surface area (Å²) in [7, 11) is -3.83. The van der Waals surface area contributed by atoms with Crippen LogP contribution >= 0.6 is 0 Å². The second-order valence-corrected chi connectivity index (χ2v) is 9.13. The van der Waals surface area contributed by atoms with Gasteiger partial charge in [-0.1, -0.05) is 31.0 Å². The molecule has 0 bridgehead atoms. The number of aromatic carboxylic acids is 1. The van der Waals surface area contributed by atoms with E-state index in [0.717, 1.165) is 38.8 Å². The molecule has 1 saturated heterocycles. The number of anilines is 2. The first-order valence-electron chi connectivity index (χ1n) is 10.2. The molecule has 3 rings (SSSR count). The Balaban J connectivity index is 0.000000509. The Morgan fingerprint density at radius 3 is 2.12 bits per heavy atom. The number of carboxylic acids is 2. The van der Waals surface area contributed by atoms with E-state index in [9.17, 15) is 31.5 Å². The summed E-state index contributed by atoms with van der Waals surface area (Å²) >= 11 is 0. The third-order valence-corrected chi connectivity index (χ3v) is 6.42. The van der Waals surface area contributed by atoms with Crippen molar-refractivity contribution in [2.75, 3.05) is 22.7 Å². The molecule has 1 aromatic carbocycles. The van der Waals surface area contributed by atoms with Gasteiger partial charge >= 0.3 is 18.1 Å². The quantitative estimate of drug-likeness (QED) is 0.559. The number of rotatable bonds is 5. The lowest BCUT2D eigenvalue weighted by Gasteiger charge is -2.23. The van der Waals surface area contributed by atoms with E-state index in [0.29, 0.717) is 11.4 Å². The minimum Gasteiger partial charge on any atom is -0.478 e. The lowest BCUT2D eigenvalue weighted by molar-refractivity contribution is -0.192. The van der Waals surface area contributed by atoms with Crippen LogP contribution in [0.3, 0.4) is 0 Å². The fraction of sp³-hybridized carbons (Fsp3) is 0.381. The Labute approximate surface area is 194 Å². The van der Waals surface area contributed by atoms with Crippen LogP contribution in [0.15, 0.2) is 41.4 Å². The van der Waals surface area contributed by atoms with E-state index < -0.39 is 28.1 Å². The number of halogens is 3. The largest absolute Gasteiger partial charge is 0.490 e. The van der Waals surface area contributed by atoms with E-state index >= 15 is 0 Å². The normalized spacial score (nSPS) is 14.4. The SMILES string of the molecule is Cc1ccccc1S(=O)(=O)Nc1cnc(N2CCCCCC2)c(C(=O)O)c1.O=C(O)C(F)(F)F. The Morgan fingerprint density at radius 2 is 1.62 bits per heavy atom. The Hall–Kier alpha value is -3.35. The van der Waals surface area contributed by atoms with Gasteiger partial charge in [-0.05, 0) is 37.5 Å². The van der Waals surface area contributed by atoms with Gasteiger partial charge in [0.25, 0.3) is 10.0 Å². The van der Waals surface area contributed by atoms with Gasteiger partial charge in [0.2, 0.25) is 0 Å². The standard InChI is InChI=1S/C19H23N3O4S.C2HF3O2/c1-14-8-4-5-9-17(14)27(25,26)21-15-12-16(19(23)24)18(20-13-15)22-10-6-2-3-7-11-22;3-2(4,5)1(6)7/h4-5,8-9,12-13,21H,2-3,6-7,10-11H2,1H3,(H,23,24);(H,6,7). The molecule has 9 nitrogen and oxygen atoms in total. The van der Waals surface area contributed by atoms with Gasteiger partial charge in [0.05, 0.1) is 16.8 Å². The van der Waals surface area contributed by atoms with E-state index in [1.165, 1.54) is 18.3 Å². The van der Waals surface area contributed by atoms with Crippen molar-refractivity contribution < 1.29 is 41.4 Å². The highest BCUT2D eigenvalue weighted by atomic mass is 32.2. The van der Waals surface area contributed by atoms with Crippen molar-refractivity contribution >= 4 is 33.5 Å². The van der Waals surface area contributed by atoms with Gasteiger partial charge in [-0.3, -0.25) is 4.72 Å². The van der Waals surface area contributed by atoms with Gasteiger partial charge < -0.3 is 15.1 Å². The number of sulfonamides is 1. The monoisotopic (exact) mass is 503 g/mol. The number of aliphatic carboxylic acids is 1. The molecule has 1 aliphatic heterocycles. The predicted molar refractivity (Wildman–Crippen MR) is 118 cm³/mol. The first-order chi connectivity index (χ1) is 15.8. The minimum absolute atomic E-state index is 0.00174. The topological polar surface area (TPSA) is 137 Å². The second kappa shape index (κ2) is 11.2. The Bertz CT molecular complexity index is 1130. The third-order valence-electron chi connectivity index (χ3n) is 4.88. The van der Waals surface area contributed by atoms with Crippen molar-refractivity contribution in [3.63, 3.8) is 0 Å². The lowest BCUT2D eigenvalue weighted by atomic mass is 10.2. The number of nitrogens with zero attached hydrogens (tertiary/aromatic N) is 2. The van der Waals surface area contributed by atoms with E-state index in [2.05, 4.69) is 9.71 Å². The van der Waals surface area contributed by atoms with Crippen molar-refractivity contribution in [1.82, 2.24) is 4.98 Å². The maximum Gasteiger partial charge on any atom is 0.490 e. The molecule has 0 spiro atoms. The molecule has 0 unspecified atom stereocenters. The number of hydrogen-bond donors (Lipinski definition) is 3. The van der Waals surface area contributed by atoms with Crippen molar-refractivity contribution in [2.24, 2.45) is 0 Å². The molecule has 3 N–H and O–H groups in total. The fourth-order valence-electron chi connectivity index (χ4n) is 3.27. The molecule has 0 radical (unpaired) electrons. The van der Waals surface area contributed by atoms with Crippen LogP contribution in [-0.4, -0.2) is 54.8 Å². The molecule has 1 aromatic heterocycles. The molecule has 186 valence electrons. The predicted octanol–water partition coefficient (Wildman–Crippen LogP) is 3.90. The van der Waals surface area contributed by atoms with Crippen LogP contribution in [0.4, 0.5) is 24.7 Å². The molecule has 1 fully saturated rings. The van der Waals surface area contributed by atoms with Gasteiger partial charge in [-0.15, -0.1) is 0 Å². The minimum atomic E-state index is -5.08. The fourth-order valence-corrected chi connectivity index (χ4v) is 4.55. The number of benzene rings is 1. The lowest BCUT2D eigenvalue weighted by Crippen LogP contribution is -2.27. The molecule has 34 heavy (non-hydrogen) atoms. The number of aromatic nitrogens is 1. The van der Waals surface area contributed by atoms with Gasteiger partial charge in [0.1, 0.15) is 11.4 Å². The van der Waals surface area contributed by atoms with Crippen molar-refractivity contribution in [1.29, 1.82) is 0 Å². The summed E-state index contributed by atoms with van der Waals surface area (Å²) in [6, 6.07) is 7.96. The number of carbonyl (C=O) groups is 2. The molecule has 13 heteroatoms. The van der Waals surface area contributed by atoms with E-state index in [1.54, 1.807) is 25.1 Å². The third kappa shape index (κ3) is 7.33. The first kappa shape index (κ1) is 26.9. The number of aryl methyl sites for hydroxylation is 1. The molecule has 0 aliphatic carbocycles. The van der Waals surface area contributed by atoms with Gasteiger partial charge in [0, 0.05) is 13.1 Å². The van der Waals surface area contributed by atoms with Gasteiger partial charge in [0.15, 0.2) is 0 Å². The van der Waals surface area contributed by atoms with Crippen LogP contribution in [0.25, 0.3) is 0 Å². The summed E-state index contributed by atoms with van der Waals surface area (Å²) in [5, 5.41) is 16.7. The van der Waals surface area contributed by atoms with E-state index in [4.69, 9.17) is 9.90 Å². The molecule has 2 aromatic rings. The average molecular weight is 503 g/mol. The number of hydrogen-bond acceptors (Lipinski definition) is 6. The summed E-state index contributed by atoms with van der Waals surface area (Å²) in [6.07, 6.45) is 0.508. The second-order valence-electron chi connectivity index (χ2n) is 7.48. The summed E-state index contributed by atoms with van der Waals surface area (Å²) < 4.78 is 59.5. The van der Waals surface area contributed by atoms with Crippen molar-refractivity contribution in [2.45, 2.75) is 43.7 Å². The average Bonchev–Trinajstić information content (AvgIpc) is 3.03. The first-order valence-corrected chi connectivity index (χ1v) is 11.7. The smallest absolute Gasteiger partial charge is 0.478 e. The maximum absolute atomic E-state index is 12.6. The van der Waals surface area contributed by atoms with Crippen LogP contribution in [0.2, 0.25) is 0 Å². The molecular weight excluding hydrogens is 479 g/mol. The number of carboxylic acid groups (broad SMARTS) is 2. The molecule has 1 aliphatic rings. The molecular formula is C21H24F3N3O6S. The summed E-state index contributed by atoms with van der Waals surface area (Å²) in [6.45, 7) is 3.21. The van der Waals surface area contributed by atoms with Gasteiger partial charge in [-0.25, -0.2) is 23.0 Å². The van der Waals surface area contributed by atoms with Crippen molar-refractivity contribution in [3.05, 3.63) is 47.7 Å². The van der Waals surface area contributed by atoms with Crippen LogP contribution in [-0.2, 0) is 14.8 Å². The van der Waals surface area contributed by atoms with E-state index in [1.807, 2.05) is 4.90 Å². The maximum atomic E-state index is 12.6. The number of alkyl halides is 3. The molecule has 0 atom stereocenters. The van der Waals surface area contributed by atoms with E-state index in [-0.39, 0.29) is 16.1 Å². The van der Waals surface area contributed by atoms with Crippen LogP contribution in [0.1, 0.15) is 41.6 Å². The summed E-state index contributed by atoms with van der Waals surface area (Å²) in [4.78, 5) is 27.0. The Kier molecular flexibility index (Phi) is 8.85. The van der Waals surface area contributed by atoms with Gasteiger partial charge in [-0.2, -0.15) is 13.2 Å². The van der Waals surface area contributed by atoms with Crippen LogP contribution in [0, 0.1) is 6.92 Å². The summed E-state index contributed by atoms with van der Waals surface area (Å²) in [5.74, 6) is -3.49. The molecule has 0 saturated carbocycles. The highest BCUT2D eigenvalue weighted by molar-refractivity contribution is 7.92. The zero-order valence-electron chi connectivity index (χ0n) is 18.2. The highest BCUT2D eigenvalue weighted by Crippen LogP contribution is 2.26. The van der Waals surface area contributed by atoms with Crippen molar-refractivity contribution in [3.8, 4) is 0 Å². The molecule has 0 amide bonds. The highest BCUT2D eigenvalue weighted by Gasteiger charge is 2.38. The number of nitrogens with one attached hydrogen (secondary N) is 1. The zero-order valence-corrected chi connectivity index (χ0v) is 19.0. The van der Waals surface area contributed by atoms with Crippen LogP contribution in [0.5, 0.6) is 0 Å². The Morgan fingerprint density at radius 1 is 1.06 bits per heavy atom. The zero-order chi connectivity index (χ0) is 25.5.